The standard InChI is InChI=1S/C23H34N4O4/c1-14(2)11-26(19(28)13-31-18-9-7-8-17(10-18)16(5)6)20-21(24)27(12-15(3)4)23(30)25-22(20)29/h7-10,14-16H,11-13,24H2,1-6H3,(H,25,29,30). The molecule has 1 amide bonds. The van der Waals surface area contributed by atoms with Crippen LogP contribution in [0.15, 0.2) is 33.9 Å². The highest BCUT2D eigenvalue weighted by atomic mass is 16.5. The molecule has 0 aliphatic heterocycles. The minimum Gasteiger partial charge on any atom is -0.484 e. The third kappa shape index (κ3) is 6.23. The lowest BCUT2D eigenvalue weighted by Crippen LogP contribution is -2.44. The summed E-state index contributed by atoms with van der Waals surface area (Å²) in [7, 11) is 0. The van der Waals surface area contributed by atoms with Crippen LogP contribution in [0.4, 0.5) is 11.5 Å². The number of hydrogen-bond acceptors (Lipinski definition) is 5. The smallest absolute Gasteiger partial charge is 0.330 e. The van der Waals surface area contributed by atoms with Crippen molar-refractivity contribution in [2.75, 3.05) is 23.8 Å². The Bertz CT molecular complexity index is 1020. The molecule has 3 N–H and O–H groups in total. The van der Waals surface area contributed by atoms with Crippen LogP contribution in [0.5, 0.6) is 5.75 Å². The van der Waals surface area contributed by atoms with Crippen molar-refractivity contribution in [3.63, 3.8) is 0 Å². The van der Waals surface area contributed by atoms with E-state index in [9.17, 15) is 14.4 Å². The molecule has 31 heavy (non-hydrogen) atoms. The van der Waals surface area contributed by atoms with Crippen molar-refractivity contribution in [3.05, 3.63) is 50.7 Å². The zero-order chi connectivity index (χ0) is 23.3. The average Bonchev–Trinajstić information content (AvgIpc) is 2.68. The van der Waals surface area contributed by atoms with Gasteiger partial charge in [-0.1, -0.05) is 53.7 Å². The maximum absolute atomic E-state index is 13.1. The highest BCUT2D eigenvalue weighted by Gasteiger charge is 2.25. The molecule has 0 atom stereocenters. The van der Waals surface area contributed by atoms with E-state index in [1.165, 1.54) is 9.47 Å². The molecule has 0 spiro atoms. The average molecular weight is 431 g/mol. The molecular weight excluding hydrogens is 396 g/mol. The Morgan fingerprint density at radius 2 is 1.81 bits per heavy atom. The number of nitrogens with two attached hydrogens (primary N) is 1. The molecule has 0 unspecified atom stereocenters. The first-order chi connectivity index (χ1) is 14.5. The number of rotatable bonds is 9. The summed E-state index contributed by atoms with van der Waals surface area (Å²) in [4.78, 5) is 41.6. The summed E-state index contributed by atoms with van der Waals surface area (Å²) < 4.78 is 7.03. The van der Waals surface area contributed by atoms with Crippen molar-refractivity contribution in [1.82, 2.24) is 9.55 Å². The number of benzene rings is 1. The Morgan fingerprint density at radius 3 is 2.39 bits per heavy atom. The molecule has 2 rings (SSSR count). The maximum atomic E-state index is 13.1. The van der Waals surface area contributed by atoms with Gasteiger partial charge >= 0.3 is 5.69 Å². The van der Waals surface area contributed by atoms with Crippen LogP contribution in [-0.4, -0.2) is 28.6 Å². The van der Waals surface area contributed by atoms with E-state index in [1.54, 1.807) is 6.07 Å². The Morgan fingerprint density at radius 1 is 1.13 bits per heavy atom. The van der Waals surface area contributed by atoms with E-state index < -0.39 is 17.2 Å². The lowest BCUT2D eigenvalue weighted by atomic mass is 10.0. The predicted octanol–water partition coefficient (Wildman–Crippen LogP) is 2.97. The molecule has 170 valence electrons. The number of carbonyl (C=O) groups is 1. The molecule has 1 heterocycles. The van der Waals surface area contributed by atoms with Crippen LogP contribution in [0, 0.1) is 11.8 Å². The van der Waals surface area contributed by atoms with Crippen LogP contribution in [0.25, 0.3) is 0 Å². The van der Waals surface area contributed by atoms with E-state index >= 15 is 0 Å². The lowest BCUT2D eigenvalue weighted by Gasteiger charge is -2.26. The van der Waals surface area contributed by atoms with E-state index in [0.29, 0.717) is 18.2 Å². The van der Waals surface area contributed by atoms with Gasteiger partial charge in [0.2, 0.25) is 0 Å². The lowest BCUT2D eigenvalue weighted by molar-refractivity contribution is -0.120. The second kappa shape index (κ2) is 10.3. The quantitative estimate of drug-likeness (QED) is 0.635. The highest BCUT2D eigenvalue weighted by molar-refractivity contribution is 5.96. The molecule has 1 aromatic heterocycles. The van der Waals surface area contributed by atoms with Gasteiger partial charge in [0.25, 0.3) is 11.5 Å². The minimum absolute atomic E-state index is 0.0153. The van der Waals surface area contributed by atoms with Gasteiger partial charge in [0.15, 0.2) is 12.3 Å². The van der Waals surface area contributed by atoms with Crippen LogP contribution in [0.3, 0.4) is 0 Å². The van der Waals surface area contributed by atoms with E-state index in [1.807, 2.05) is 45.9 Å². The second-order valence-electron chi connectivity index (χ2n) is 8.91. The predicted molar refractivity (Wildman–Crippen MR) is 124 cm³/mol. The monoisotopic (exact) mass is 430 g/mol. The van der Waals surface area contributed by atoms with Crippen molar-refractivity contribution >= 4 is 17.4 Å². The molecule has 0 fully saturated rings. The summed E-state index contributed by atoms with van der Waals surface area (Å²) in [5, 5.41) is 0. The fourth-order valence-corrected chi connectivity index (χ4v) is 3.25. The van der Waals surface area contributed by atoms with Crippen molar-refractivity contribution in [2.45, 2.75) is 54.0 Å². The van der Waals surface area contributed by atoms with Gasteiger partial charge in [0, 0.05) is 13.1 Å². The third-order valence-corrected chi connectivity index (χ3v) is 4.77. The summed E-state index contributed by atoms with van der Waals surface area (Å²) in [5.41, 5.74) is 6.04. The van der Waals surface area contributed by atoms with Crippen LogP contribution in [-0.2, 0) is 11.3 Å². The number of carbonyl (C=O) groups excluding carboxylic acids is 1. The Hall–Kier alpha value is -3.03. The molecule has 0 aliphatic rings. The third-order valence-electron chi connectivity index (χ3n) is 4.77. The minimum atomic E-state index is -0.682. The van der Waals surface area contributed by atoms with Gasteiger partial charge in [0.1, 0.15) is 11.6 Å². The van der Waals surface area contributed by atoms with Crippen molar-refractivity contribution < 1.29 is 9.53 Å². The van der Waals surface area contributed by atoms with Crippen molar-refractivity contribution in [3.8, 4) is 5.75 Å². The zero-order valence-electron chi connectivity index (χ0n) is 19.3. The van der Waals surface area contributed by atoms with Gasteiger partial charge < -0.3 is 15.4 Å². The number of nitrogen functional groups attached to an aromatic ring is 1. The topological polar surface area (TPSA) is 110 Å². The summed E-state index contributed by atoms with van der Waals surface area (Å²) in [6, 6.07) is 7.57. The van der Waals surface area contributed by atoms with Gasteiger partial charge in [-0.2, -0.15) is 0 Å². The summed E-state index contributed by atoms with van der Waals surface area (Å²) in [6.45, 7) is 12.2. The molecule has 2 aromatic rings. The van der Waals surface area contributed by atoms with Crippen molar-refractivity contribution in [1.29, 1.82) is 0 Å². The highest BCUT2D eigenvalue weighted by Crippen LogP contribution is 2.22. The molecule has 0 aliphatic carbocycles. The van der Waals surface area contributed by atoms with E-state index in [2.05, 4.69) is 18.8 Å². The summed E-state index contributed by atoms with van der Waals surface area (Å²) in [6.07, 6.45) is 0. The van der Waals surface area contributed by atoms with Crippen molar-refractivity contribution in [2.24, 2.45) is 11.8 Å². The van der Waals surface area contributed by atoms with Crippen LogP contribution in [0.2, 0.25) is 0 Å². The van der Waals surface area contributed by atoms with Gasteiger partial charge in [-0.15, -0.1) is 0 Å². The number of amides is 1. The Labute approximate surface area is 183 Å². The molecule has 8 heteroatoms. The Balaban J connectivity index is 2.37. The van der Waals surface area contributed by atoms with Gasteiger partial charge in [-0.05, 0) is 35.4 Å². The number of aromatic amines is 1. The molecule has 0 saturated carbocycles. The largest absolute Gasteiger partial charge is 0.484 e. The van der Waals surface area contributed by atoms with Crippen LogP contribution < -0.4 is 26.6 Å². The SMILES string of the molecule is CC(C)CN(C(=O)COc1cccc(C(C)C)c1)c1c(N)n(CC(C)C)c(=O)[nH]c1=O. The number of aromatic nitrogens is 2. The Kier molecular flexibility index (Phi) is 8.08. The summed E-state index contributed by atoms with van der Waals surface area (Å²) in [5.74, 6) is 0.684. The van der Waals surface area contributed by atoms with Crippen LogP contribution in [0.1, 0.15) is 53.0 Å². The fraction of sp³-hybridized carbons (Fsp3) is 0.522. The normalized spacial score (nSPS) is 11.4. The van der Waals surface area contributed by atoms with Gasteiger partial charge in [-0.3, -0.25) is 19.1 Å². The number of ether oxygens (including phenoxy) is 1. The number of H-pyrrole nitrogens is 1. The molecular formula is C23H34N4O4. The molecule has 0 radical (unpaired) electrons. The molecule has 0 saturated heterocycles. The van der Waals surface area contributed by atoms with Gasteiger partial charge in [-0.25, -0.2) is 4.79 Å². The zero-order valence-corrected chi connectivity index (χ0v) is 19.3. The van der Waals surface area contributed by atoms with E-state index in [-0.39, 0.29) is 36.5 Å². The first kappa shape index (κ1) is 24.2. The number of nitrogens with one attached hydrogen (secondary N) is 1. The molecule has 8 nitrogen and oxygen atoms in total. The first-order valence-corrected chi connectivity index (χ1v) is 10.7. The molecule has 0 bridgehead atoms. The van der Waals surface area contributed by atoms with E-state index in [0.717, 1.165) is 5.56 Å². The number of anilines is 2. The van der Waals surface area contributed by atoms with Crippen LogP contribution >= 0.6 is 0 Å². The number of nitrogens with zero attached hydrogens (tertiary/aromatic N) is 2. The number of hydrogen-bond donors (Lipinski definition) is 2. The molecule has 1 aromatic carbocycles. The van der Waals surface area contributed by atoms with E-state index in [4.69, 9.17) is 10.5 Å². The summed E-state index contributed by atoms with van der Waals surface area (Å²) >= 11 is 0. The fourth-order valence-electron chi connectivity index (χ4n) is 3.25. The first-order valence-electron chi connectivity index (χ1n) is 10.7. The maximum Gasteiger partial charge on any atom is 0.330 e. The van der Waals surface area contributed by atoms with Gasteiger partial charge in [0.05, 0.1) is 0 Å². The second-order valence-corrected chi connectivity index (χ2v) is 8.91.